The van der Waals surface area contributed by atoms with Crippen LogP contribution in [0, 0.1) is 0 Å². The highest BCUT2D eigenvalue weighted by Gasteiger charge is 2.13. The van der Waals surface area contributed by atoms with E-state index in [1.807, 2.05) is 18.2 Å². The fourth-order valence-corrected chi connectivity index (χ4v) is 2.85. The van der Waals surface area contributed by atoms with Gasteiger partial charge in [-0.3, -0.25) is 4.79 Å². The molecule has 0 fully saturated rings. The van der Waals surface area contributed by atoms with Gasteiger partial charge in [-0.15, -0.1) is 20.4 Å². The summed E-state index contributed by atoms with van der Waals surface area (Å²) in [4.78, 5) is 15.3. The molecule has 2 aromatic heterocycles. The molecule has 29 heavy (non-hydrogen) atoms. The molecule has 2 aromatic carbocycles. The number of ether oxygens (including phenoxy) is 1. The first-order valence-electron chi connectivity index (χ1n) is 8.65. The normalized spacial score (nSPS) is 11.3. The number of nitrogens with two attached hydrogens (primary N) is 1. The van der Waals surface area contributed by atoms with Gasteiger partial charge in [-0.1, -0.05) is 30.3 Å². The molecule has 0 spiro atoms. The van der Waals surface area contributed by atoms with Gasteiger partial charge in [0.1, 0.15) is 11.4 Å². The number of fused-ring (bicyclic) bond motifs is 1. The SMILES string of the molecule is COc1ccc(Cc2nnc(N=Nc3c(O)[nH]c4ccccc34)n(N)c2=O)cc1. The van der Waals surface area contributed by atoms with Crippen LogP contribution in [0.3, 0.4) is 0 Å². The van der Waals surface area contributed by atoms with Gasteiger partial charge in [0.2, 0.25) is 5.88 Å². The summed E-state index contributed by atoms with van der Waals surface area (Å²) in [5, 5.41) is 26.4. The van der Waals surface area contributed by atoms with E-state index in [1.54, 1.807) is 37.4 Å². The van der Waals surface area contributed by atoms with Crippen molar-refractivity contribution in [1.29, 1.82) is 0 Å². The molecular weight excluding hydrogens is 374 g/mol. The highest BCUT2D eigenvalue weighted by Crippen LogP contribution is 2.35. The summed E-state index contributed by atoms with van der Waals surface area (Å²) in [5.41, 5.74) is 1.41. The number of nitrogens with zero attached hydrogens (tertiary/aromatic N) is 5. The van der Waals surface area contributed by atoms with Crippen molar-refractivity contribution >= 4 is 22.5 Å². The van der Waals surface area contributed by atoms with Gasteiger partial charge in [0.15, 0.2) is 5.69 Å². The predicted molar refractivity (Wildman–Crippen MR) is 106 cm³/mol. The summed E-state index contributed by atoms with van der Waals surface area (Å²) in [6.07, 6.45) is 0.258. The third kappa shape index (κ3) is 3.50. The van der Waals surface area contributed by atoms with E-state index in [0.29, 0.717) is 16.7 Å². The van der Waals surface area contributed by atoms with Gasteiger partial charge < -0.3 is 20.7 Å². The van der Waals surface area contributed by atoms with Crippen molar-refractivity contribution in [2.75, 3.05) is 13.0 Å². The van der Waals surface area contributed by atoms with E-state index in [1.165, 1.54) is 0 Å². The minimum atomic E-state index is -0.534. The van der Waals surface area contributed by atoms with Crippen LogP contribution in [0.1, 0.15) is 11.3 Å². The van der Waals surface area contributed by atoms with Crippen molar-refractivity contribution in [2.45, 2.75) is 6.42 Å². The molecule has 0 atom stereocenters. The van der Waals surface area contributed by atoms with Gasteiger partial charge >= 0.3 is 0 Å². The number of para-hydroxylation sites is 1. The van der Waals surface area contributed by atoms with Crippen molar-refractivity contribution in [3.05, 3.63) is 70.1 Å². The number of nitrogens with one attached hydrogen (secondary N) is 1. The topological polar surface area (TPSA) is 144 Å². The van der Waals surface area contributed by atoms with E-state index in [9.17, 15) is 9.90 Å². The highest BCUT2D eigenvalue weighted by atomic mass is 16.5. The summed E-state index contributed by atoms with van der Waals surface area (Å²) < 4.78 is 5.89. The zero-order valence-corrected chi connectivity index (χ0v) is 15.4. The van der Waals surface area contributed by atoms with Crippen molar-refractivity contribution in [3.63, 3.8) is 0 Å². The molecule has 0 amide bonds. The number of hydrogen-bond acceptors (Lipinski definition) is 8. The smallest absolute Gasteiger partial charge is 0.295 e. The third-order valence-electron chi connectivity index (χ3n) is 4.37. The summed E-state index contributed by atoms with van der Waals surface area (Å²) in [5.74, 6) is 6.22. The number of azo groups is 1. The number of aromatic hydroxyl groups is 1. The lowest BCUT2D eigenvalue weighted by molar-refractivity contribution is 0.414. The first kappa shape index (κ1) is 18.2. The van der Waals surface area contributed by atoms with E-state index in [0.717, 1.165) is 10.2 Å². The van der Waals surface area contributed by atoms with Crippen LogP contribution in [-0.2, 0) is 6.42 Å². The second kappa shape index (κ2) is 7.43. The van der Waals surface area contributed by atoms with Gasteiger partial charge in [-0.05, 0) is 23.8 Å². The van der Waals surface area contributed by atoms with E-state index in [4.69, 9.17) is 10.6 Å². The third-order valence-corrected chi connectivity index (χ3v) is 4.37. The number of benzene rings is 2. The van der Waals surface area contributed by atoms with Crippen LogP contribution in [0.4, 0.5) is 11.6 Å². The summed E-state index contributed by atoms with van der Waals surface area (Å²) in [6, 6.07) is 14.4. The Balaban J connectivity index is 1.62. The number of nitrogen functional groups attached to an aromatic ring is 1. The number of hydrogen-bond donors (Lipinski definition) is 3. The van der Waals surface area contributed by atoms with Crippen LogP contribution < -0.4 is 16.1 Å². The van der Waals surface area contributed by atoms with E-state index < -0.39 is 5.56 Å². The molecule has 0 saturated carbocycles. The molecule has 2 heterocycles. The molecule has 4 aromatic rings. The van der Waals surface area contributed by atoms with Crippen molar-refractivity contribution in [1.82, 2.24) is 19.9 Å². The number of H-pyrrole nitrogens is 1. The molecule has 0 saturated heterocycles. The zero-order chi connectivity index (χ0) is 20.4. The van der Waals surface area contributed by atoms with Gasteiger partial charge in [-0.2, -0.15) is 4.68 Å². The van der Waals surface area contributed by atoms with E-state index in [-0.39, 0.29) is 29.6 Å². The fraction of sp³-hybridized carbons (Fsp3) is 0.105. The van der Waals surface area contributed by atoms with E-state index in [2.05, 4.69) is 25.4 Å². The van der Waals surface area contributed by atoms with Gasteiger partial charge in [0.25, 0.3) is 11.5 Å². The van der Waals surface area contributed by atoms with E-state index >= 15 is 0 Å². The maximum atomic E-state index is 12.5. The first-order valence-corrected chi connectivity index (χ1v) is 8.65. The van der Waals surface area contributed by atoms with Crippen molar-refractivity contribution < 1.29 is 9.84 Å². The molecule has 146 valence electrons. The Kier molecular flexibility index (Phi) is 4.65. The number of rotatable bonds is 5. The molecule has 0 aliphatic rings. The van der Waals surface area contributed by atoms with Crippen LogP contribution >= 0.6 is 0 Å². The highest BCUT2D eigenvalue weighted by molar-refractivity contribution is 5.93. The molecule has 4 rings (SSSR count). The van der Waals surface area contributed by atoms with Gasteiger partial charge in [-0.25, -0.2) is 0 Å². The Morgan fingerprint density at radius 2 is 1.90 bits per heavy atom. The van der Waals surface area contributed by atoms with Crippen molar-refractivity contribution in [3.8, 4) is 11.6 Å². The summed E-state index contributed by atoms with van der Waals surface area (Å²) in [7, 11) is 1.58. The lowest BCUT2D eigenvalue weighted by Gasteiger charge is -2.05. The van der Waals surface area contributed by atoms with Crippen molar-refractivity contribution in [2.24, 2.45) is 10.2 Å². The van der Waals surface area contributed by atoms with Gasteiger partial charge in [0.05, 0.1) is 12.6 Å². The van der Waals surface area contributed by atoms with Crippen LogP contribution in [0.15, 0.2) is 63.6 Å². The number of aromatic nitrogens is 4. The Bertz CT molecular complexity index is 1260. The average Bonchev–Trinajstić information content (AvgIpc) is 3.06. The molecular formula is C19H17N7O3. The lowest BCUT2D eigenvalue weighted by atomic mass is 10.1. The molecule has 0 aliphatic heterocycles. The quantitative estimate of drug-likeness (QED) is 0.352. The maximum absolute atomic E-state index is 12.5. The largest absolute Gasteiger partial charge is 0.497 e. The minimum absolute atomic E-state index is 0.148. The maximum Gasteiger partial charge on any atom is 0.295 e. The molecule has 0 bridgehead atoms. The first-order chi connectivity index (χ1) is 14.1. The lowest BCUT2D eigenvalue weighted by Crippen LogP contribution is -2.32. The second-order valence-electron chi connectivity index (χ2n) is 6.21. The molecule has 0 aliphatic carbocycles. The Labute approximate surface area is 164 Å². The predicted octanol–water partition coefficient (Wildman–Crippen LogP) is 2.55. The molecule has 0 radical (unpaired) electrons. The fourth-order valence-electron chi connectivity index (χ4n) is 2.85. The monoisotopic (exact) mass is 391 g/mol. The van der Waals surface area contributed by atoms with Crippen LogP contribution in [0.5, 0.6) is 11.6 Å². The van der Waals surface area contributed by atoms with Gasteiger partial charge in [0, 0.05) is 11.8 Å². The number of aromatic amines is 1. The Hall–Kier alpha value is -4.21. The van der Waals surface area contributed by atoms with Crippen LogP contribution in [-0.4, -0.2) is 32.1 Å². The zero-order valence-electron chi connectivity index (χ0n) is 15.4. The Morgan fingerprint density at radius 3 is 2.66 bits per heavy atom. The van der Waals surface area contributed by atoms with Crippen LogP contribution in [0.25, 0.3) is 10.9 Å². The number of methoxy groups -OCH3 is 1. The minimum Gasteiger partial charge on any atom is -0.497 e. The second-order valence-corrected chi connectivity index (χ2v) is 6.21. The average molecular weight is 391 g/mol. The summed E-state index contributed by atoms with van der Waals surface area (Å²) in [6.45, 7) is 0. The molecule has 10 heteroatoms. The summed E-state index contributed by atoms with van der Waals surface area (Å²) >= 11 is 0. The standard InChI is InChI=1S/C19H17N7O3/c1-29-12-8-6-11(7-9-12)10-15-18(28)26(20)19(24-22-15)25-23-16-13-4-2-3-5-14(13)21-17(16)27/h2-9,21,27H,10,20H2,1H3. The Morgan fingerprint density at radius 1 is 1.14 bits per heavy atom. The molecule has 4 N–H and O–H groups in total. The van der Waals surface area contributed by atoms with Crippen LogP contribution in [0.2, 0.25) is 0 Å². The molecule has 10 nitrogen and oxygen atoms in total. The molecule has 0 unspecified atom stereocenters.